The first-order chi connectivity index (χ1) is 19.4. The quantitative estimate of drug-likeness (QED) is 0.245. The first kappa shape index (κ1) is 29.1. The van der Waals surface area contributed by atoms with E-state index in [1.54, 1.807) is 59.0 Å². The molecule has 0 amide bonds. The summed E-state index contributed by atoms with van der Waals surface area (Å²) in [7, 11) is 0. The smallest absolute Gasteiger partial charge is 0.306 e. The Labute approximate surface area is 236 Å². The van der Waals surface area contributed by atoms with Crippen molar-refractivity contribution in [1.82, 2.24) is 25.0 Å². The van der Waals surface area contributed by atoms with Crippen molar-refractivity contribution in [3.8, 4) is 11.8 Å². The molecule has 0 radical (unpaired) electrons. The molecular formula is C29H30F2N8O2. The zero-order valence-electron chi connectivity index (χ0n) is 23.3. The topological polar surface area (TPSA) is 131 Å². The van der Waals surface area contributed by atoms with E-state index in [-0.39, 0.29) is 23.6 Å². The number of nitrogens with zero attached hydrogens (tertiary/aromatic N) is 6. The van der Waals surface area contributed by atoms with Gasteiger partial charge in [0.15, 0.2) is 17.5 Å². The van der Waals surface area contributed by atoms with Crippen LogP contribution in [0.5, 0.6) is 0 Å². The average molecular weight is 561 g/mol. The third-order valence-corrected chi connectivity index (χ3v) is 6.05. The Kier molecular flexibility index (Phi) is 8.56. The predicted molar refractivity (Wildman–Crippen MR) is 148 cm³/mol. The van der Waals surface area contributed by atoms with Crippen LogP contribution in [0.4, 0.5) is 26.1 Å². The standard InChI is InChI=1S/C29H30F2N8O2/c1-17(12-25(40)41-29(3,4)5)26(19-6-8-21(30)9-7-19)37-28-23(31)13-20(15-32)27(38-28)36-22-14-24(18(2)33-16-22)39-34-10-11-35-39/h6-11,13-14,16-17,26H,12H2,1-5H3,(H2,36,37,38)/t17-,26+/m1/s1. The minimum Gasteiger partial charge on any atom is -0.460 e. The van der Waals surface area contributed by atoms with E-state index in [4.69, 9.17) is 4.74 Å². The minimum absolute atomic E-state index is 0.00853. The molecule has 10 nitrogen and oxygen atoms in total. The summed E-state index contributed by atoms with van der Waals surface area (Å²) in [5.74, 6) is -2.12. The number of ether oxygens (including phenoxy) is 1. The number of benzene rings is 1. The van der Waals surface area contributed by atoms with Gasteiger partial charge in [-0.1, -0.05) is 19.1 Å². The van der Waals surface area contributed by atoms with Crippen molar-refractivity contribution in [2.45, 2.75) is 52.7 Å². The van der Waals surface area contributed by atoms with E-state index in [1.165, 1.54) is 29.3 Å². The monoisotopic (exact) mass is 560 g/mol. The summed E-state index contributed by atoms with van der Waals surface area (Å²) >= 11 is 0. The van der Waals surface area contributed by atoms with Gasteiger partial charge in [0, 0.05) is 0 Å². The summed E-state index contributed by atoms with van der Waals surface area (Å²) in [6, 6.07) is 9.79. The van der Waals surface area contributed by atoms with Gasteiger partial charge in [-0.3, -0.25) is 9.78 Å². The number of pyridine rings is 2. The second kappa shape index (κ2) is 12.1. The van der Waals surface area contributed by atoms with Gasteiger partial charge in [-0.15, -0.1) is 4.80 Å². The van der Waals surface area contributed by atoms with E-state index >= 15 is 4.39 Å². The van der Waals surface area contributed by atoms with Gasteiger partial charge in [0.25, 0.3) is 0 Å². The van der Waals surface area contributed by atoms with Crippen LogP contribution in [0.1, 0.15) is 57.0 Å². The SMILES string of the molecule is Cc1ncc(Nc2nc(N[C@H](c3ccc(F)cc3)[C@H](C)CC(=O)OC(C)(C)C)c(F)cc2C#N)cc1-n1nccn1. The molecule has 212 valence electrons. The molecule has 1 aromatic carbocycles. The predicted octanol–water partition coefficient (Wildman–Crippen LogP) is 5.78. The second-order valence-electron chi connectivity index (χ2n) is 10.5. The van der Waals surface area contributed by atoms with Crippen LogP contribution >= 0.6 is 0 Å². The Morgan fingerprint density at radius 1 is 1.12 bits per heavy atom. The number of rotatable bonds is 9. The molecule has 2 N–H and O–H groups in total. The number of anilines is 3. The lowest BCUT2D eigenvalue weighted by molar-refractivity contribution is -0.155. The summed E-state index contributed by atoms with van der Waals surface area (Å²) in [6.07, 6.45) is 4.63. The van der Waals surface area contributed by atoms with Gasteiger partial charge in [0.05, 0.1) is 48.0 Å². The molecule has 0 aliphatic heterocycles. The number of halogens is 2. The van der Waals surface area contributed by atoms with Crippen molar-refractivity contribution in [3.63, 3.8) is 0 Å². The number of aryl methyl sites for hydroxylation is 1. The molecule has 0 saturated carbocycles. The van der Waals surface area contributed by atoms with E-state index in [1.807, 2.05) is 6.07 Å². The summed E-state index contributed by atoms with van der Waals surface area (Å²) in [6.45, 7) is 8.92. The molecule has 2 atom stereocenters. The Bertz CT molecular complexity index is 1560. The highest BCUT2D eigenvalue weighted by Crippen LogP contribution is 2.32. The highest BCUT2D eigenvalue weighted by atomic mass is 19.1. The lowest BCUT2D eigenvalue weighted by atomic mass is 9.91. The highest BCUT2D eigenvalue weighted by Gasteiger charge is 2.27. The molecule has 0 bridgehead atoms. The molecule has 0 spiro atoms. The van der Waals surface area contributed by atoms with Crippen LogP contribution in [0.3, 0.4) is 0 Å². The molecule has 0 unspecified atom stereocenters. The van der Waals surface area contributed by atoms with Crippen molar-refractivity contribution >= 4 is 23.3 Å². The number of carbonyl (C=O) groups excluding carboxylic acids is 1. The van der Waals surface area contributed by atoms with Crippen LogP contribution in [-0.2, 0) is 9.53 Å². The fourth-order valence-corrected chi connectivity index (χ4v) is 4.18. The van der Waals surface area contributed by atoms with Gasteiger partial charge < -0.3 is 15.4 Å². The van der Waals surface area contributed by atoms with E-state index < -0.39 is 35.2 Å². The van der Waals surface area contributed by atoms with Crippen molar-refractivity contribution in [1.29, 1.82) is 5.26 Å². The molecule has 12 heteroatoms. The Morgan fingerprint density at radius 2 is 1.80 bits per heavy atom. The molecule has 0 fully saturated rings. The van der Waals surface area contributed by atoms with E-state index in [0.717, 1.165) is 6.07 Å². The maximum Gasteiger partial charge on any atom is 0.306 e. The second-order valence-corrected chi connectivity index (χ2v) is 10.5. The normalized spacial score (nSPS) is 12.7. The fourth-order valence-electron chi connectivity index (χ4n) is 4.18. The van der Waals surface area contributed by atoms with Crippen LogP contribution in [-0.4, -0.2) is 36.5 Å². The molecule has 0 aliphatic carbocycles. The van der Waals surface area contributed by atoms with E-state index in [9.17, 15) is 14.4 Å². The zero-order valence-corrected chi connectivity index (χ0v) is 23.3. The first-order valence-corrected chi connectivity index (χ1v) is 12.9. The van der Waals surface area contributed by atoms with Gasteiger partial charge in [0.1, 0.15) is 23.2 Å². The van der Waals surface area contributed by atoms with Crippen molar-refractivity contribution in [3.05, 3.63) is 83.4 Å². The van der Waals surface area contributed by atoms with Crippen LogP contribution in [0.2, 0.25) is 0 Å². The molecular weight excluding hydrogens is 530 g/mol. The highest BCUT2D eigenvalue weighted by molar-refractivity contribution is 5.70. The number of esters is 1. The Balaban J connectivity index is 1.66. The maximum atomic E-state index is 15.3. The number of nitriles is 1. The Hall–Kier alpha value is -4.92. The van der Waals surface area contributed by atoms with Gasteiger partial charge in [0.2, 0.25) is 0 Å². The zero-order chi connectivity index (χ0) is 29.7. The molecule has 3 heterocycles. The first-order valence-electron chi connectivity index (χ1n) is 12.9. The van der Waals surface area contributed by atoms with Crippen molar-refractivity contribution in [2.24, 2.45) is 5.92 Å². The van der Waals surface area contributed by atoms with Crippen LogP contribution in [0, 0.1) is 35.8 Å². The minimum atomic E-state index is -0.771. The molecule has 3 aromatic heterocycles. The van der Waals surface area contributed by atoms with Crippen LogP contribution in [0.15, 0.2) is 55.0 Å². The molecule has 41 heavy (non-hydrogen) atoms. The third kappa shape index (κ3) is 7.39. The number of carbonyl (C=O) groups is 1. The van der Waals surface area contributed by atoms with E-state index in [0.29, 0.717) is 22.6 Å². The van der Waals surface area contributed by atoms with Gasteiger partial charge in [-0.25, -0.2) is 13.8 Å². The number of nitrogens with one attached hydrogen (secondary N) is 2. The Morgan fingerprint density at radius 3 is 2.44 bits per heavy atom. The van der Waals surface area contributed by atoms with Gasteiger partial charge >= 0.3 is 5.97 Å². The molecule has 4 rings (SSSR count). The average Bonchev–Trinajstić information content (AvgIpc) is 3.44. The fraction of sp³-hybridized carbons (Fsp3) is 0.310. The summed E-state index contributed by atoms with van der Waals surface area (Å²) in [4.78, 5) is 22.7. The third-order valence-electron chi connectivity index (χ3n) is 6.05. The number of hydrogen-bond donors (Lipinski definition) is 2. The number of aromatic nitrogens is 5. The largest absolute Gasteiger partial charge is 0.460 e. The lowest BCUT2D eigenvalue weighted by Crippen LogP contribution is -2.28. The number of hydrogen-bond acceptors (Lipinski definition) is 9. The van der Waals surface area contributed by atoms with E-state index in [2.05, 4.69) is 30.8 Å². The van der Waals surface area contributed by atoms with Crippen LogP contribution < -0.4 is 10.6 Å². The van der Waals surface area contributed by atoms with Crippen molar-refractivity contribution < 1.29 is 18.3 Å². The van der Waals surface area contributed by atoms with Gasteiger partial charge in [-0.2, -0.15) is 15.5 Å². The molecule has 0 saturated heterocycles. The maximum absolute atomic E-state index is 15.3. The molecule has 0 aliphatic rings. The lowest BCUT2D eigenvalue weighted by Gasteiger charge is -2.28. The summed E-state index contributed by atoms with van der Waals surface area (Å²) in [5.41, 5.74) is 1.65. The summed E-state index contributed by atoms with van der Waals surface area (Å²) in [5, 5.41) is 24.0. The van der Waals surface area contributed by atoms with Crippen molar-refractivity contribution in [2.75, 3.05) is 10.6 Å². The molecule has 4 aromatic rings. The summed E-state index contributed by atoms with van der Waals surface area (Å²) < 4.78 is 34.4. The van der Waals surface area contributed by atoms with Crippen LogP contribution in [0.25, 0.3) is 5.69 Å². The van der Waals surface area contributed by atoms with Gasteiger partial charge in [-0.05, 0) is 63.4 Å².